The predicted molar refractivity (Wildman–Crippen MR) is 97.9 cm³/mol. The number of likely N-dealkylation sites (tertiary alicyclic amines) is 1. The average molecular weight is 355 g/mol. The van der Waals surface area contributed by atoms with Crippen LogP contribution in [0.2, 0.25) is 0 Å². The number of aromatic nitrogens is 3. The van der Waals surface area contributed by atoms with Gasteiger partial charge in [0.05, 0.1) is 5.56 Å². The molecule has 2 atom stereocenters. The van der Waals surface area contributed by atoms with E-state index in [1.165, 1.54) is 11.8 Å². The zero-order valence-electron chi connectivity index (χ0n) is 14.4. The van der Waals surface area contributed by atoms with Crippen molar-refractivity contribution >= 4 is 23.5 Å². The summed E-state index contributed by atoms with van der Waals surface area (Å²) in [5.41, 5.74) is 1.71. The zero-order valence-corrected chi connectivity index (χ0v) is 15.2. The molecule has 130 valence electrons. The smallest absolute Gasteiger partial charge is 0.256 e. The molecule has 2 aliphatic heterocycles. The highest BCUT2D eigenvalue weighted by atomic mass is 32.2. The van der Waals surface area contributed by atoms with E-state index in [2.05, 4.69) is 19.9 Å². The molecule has 0 aliphatic carbocycles. The van der Waals surface area contributed by atoms with Crippen LogP contribution in [0.5, 0.6) is 0 Å². The molecule has 2 unspecified atom stereocenters. The minimum Gasteiger partial charge on any atom is -0.356 e. The Kier molecular flexibility index (Phi) is 4.33. The zero-order chi connectivity index (χ0) is 17.4. The van der Waals surface area contributed by atoms with E-state index >= 15 is 0 Å². The van der Waals surface area contributed by atoms with Gasteiger partial charge >= 0.3 is 0 Å². The number of hydrogen-bond acceptors (Lipinski definition) is 6. The SMILES string of the molecule is CSc1ncccc1C(=O)N1CC2CN(c3cc(C)ncn3)CC2C1. The maximum Gasteiger partial charge on any atom is 0.256 e. The number of amides is 1. The number of nitrogens with zero attached hydrogens (tertiary/aromatic N) is 5. The van der Waals surface area contributed by atoms with Crippen molar-refractivity contribution in [3.8, 4) is 0 Å². The van der Waals surface area contributed by atoms with Crippen molar-refractivity contribution in [2.75, 3.05) is 37.3 Å². The fraction of sp³-hybridized carbons (Fsp3) is 0.444. The fourth-order valence-corrected chi connectivity index (χ4v) is 4.39. The van der Waals surface area contributed by atoms with Gasteiger partial charge in [0.2, 0.25) is 0 Å². The van der Waals surface area contributed by atoms with Crippen molar-refractivity contribution in [2.45, 2.75) is 11.9 Å². The number of carbonyl (C=O) groups is 1. The van der Waals surface area contributed by atoms with Crippen LogP contribution in [-0.4, -0.2) is 58.2 Å². The molecule has 2 saturated heterocycles. The van der Waals surface area contributed by atoms with E-state index in [9.17, 15) is 4.79 Å². The minimum absolute atomic E-state index is 0.108. The number of fused-ring (bicyclic) bond motifs is 1. The van der Waals surface area contributed by atoms with Crippen LogP contribution < -0.4 is 4.90 Å². The number of hydrogen-bond donors (Lipinski definition) is 0. The molecule has 1 amide bonds. The van der Waals surface area contributed by atoms with Crippen LogP contribution >= 0.6 is 11.8 Å². The Balaban J connectivity index is 1.45. The van der Waals surface area contributed by atoms with E-state index < -0.39 is 0 Å². The molecule has 2 fully saturated rings. The third-order valence-corrected chi connectivity index (χ3v) is 5.79. The normalized spacial score (nSPS) is 22.3. The molecule has 4 rings (SSSR count). The van der Waals surface area contributed by atoms with Gasteiger partial charge in [0.1, 0.15) is 17.2 Å². The van der Waals surface area contributed by atoms with Crippen molar-refractivity contribution in [3.63, 3.8) is 0 Å². The summed E-state index contributed by atoms with van der Waals surface area (Å²) in [4.78, 5) is 30.1. The van der Waals surface area contributed by atoms with Crippen molar-refractivity contribution in [3.05, 3.63) is 42.0 Å². The molecule has 2 aromatic rings. The Hall–Kier alpha value is -2.15. The largest absolute Gasteiger partial charge is 0.356 e. The van der Waals surface area contributed by atoms with E-state index in [4.69, 9.17) is 0 Å². The number of aryl methyl sites for hydroxylation is 1. The summed E-state index contributed by atoms with van der Waals surface area (Å²) < 4.78 is 0. The Labute approximate surface area is 151 Å². The molecule has 2 aromatic heterocycles. The summed E-state index contributed by atoms with van der Waals surface area (Å²) in [6, 6.07) is 5.75. The number of pyridine rings is 1. The van der Waals surface area contributed by atoms with Crippen LogP contribution in [0, 0.1) is 18.8 Å². The fourth-order valence-electron chi connectivity index (χ4n) is 3.85. The van der Waals surface area contributed by atoms with Gasteiger partial charge in [0, 0.05) is 56.0 Å². The van der Waals surface area contributed by atoms with Crippen LogP contribution in [0.15, 0.2) is 35.7 Å². The standard InChI is InChI=1S/C18H21N5OS/c1-12-6-16(21-11-20-12)22-7-13-9-23(10-14(13)8-22)18(24)15-4-3-5-19-17(15)25-2/h3-6,11,13-14H,7-10H2,1-2H3. The van der Waals surface area contributed by atoms with Gasteiger partial charge in [-0.2, -0.15) is 0 Å². The van der Waals surface area contributed by atoms with Crippen LogP contribution in [-0.2, 0) is 0 Å². The molecule has 0 aromatic carbocycles. The molecule has 0 bridgehead atoms. The number of carbonyl (C=O) groups excluding carboxylic acids is 1. The Morgan fingerprint density at radius 2 is 1.92 bits per heavy atom. The van der Waals surface area contributed by atoms with Gasteiger partial charge in [-0.25, -0.2) is 15.0 Å². The second-order valence-electron chi connectivity index (χ2n) is 6.71. The second-order valence-corrected chi connectivity index (χ2v) is 7.51. The summed E-state index contributed by atoms with van der Waals surface area (Å²) >= 11 is 1.52. The monoisotopic (exact) mass is 355 g/mol. The number of thioether (sulfide) groups is 1. The van der Waals surface area contributed by atoms with Crippen LogP contribution in [0.3, 0.4) is 0 Å². The first-order chi connectivity index (χ1) is 12.2. The molecule has 25 heavy (non-hydrogen) atoms. The maximum absolute atomic E-state index is 12.9. The van der Waals surface area contributed by atoms with Gasteiger partial charge in [0.15, 0.2) is 0 Å². The number of rotatable bonds is 3. The van der Waals surface area contributed by atoms with Gasteiger partial charge in [0.25, 0.3) is 5.91 Å². The Morgan fingerprint density at radius 3 is 2.60 bits per heavy atom. The summed E-state index contributed by atoms with van der Waals surface area (Å²) in [5, 5.41) is 0.808. The molecule has 0 N–H and O–H groups in total. The quantitative estimate of drug-likeness (QED) is 0.786. The second kappa shape index (κ2) is 6.63. The van der Waals surface area contributed by atoms with E-state index in [0.29, 0.717) is 11.8 Å². The number of anilines is 1. The van der Waals surface area contributed by atoms with Gasteiger partial charge < -0.3 is 9.80 Å². The first-order valence-electron chi connectivity index (χ1n) is 8.47. The molecule has 2 aliphatic rings. The topological polar surface area (TPSA) is 62.2 Å². The lowest BCUT2D eigenvalue weighted by Gasteiger charge is -2.23. The third kappa shape index (κ3) is 3.08. The van der Waals surface area contributed by atoms with E-state index in [-0.39, 0.29) is 5.91 Å². The van der Waals surface area contributed by atoms with Crippen LogP contribution in [0.1, 0.15) is 16.1 Å². The van der Waals surface area contributed by atoms with Gasteiger partial charge in [-0.1, -0.05) is 0 Å². The van der Waals surface area contributed by atoms with Crippen LogP contribution in [0.25, 0.3) is 0 Å². The molecule has 0 radical (unpaired) electrons. The highest BCUT2D eigenvalue weighted by Crippen LogP contribution is 2.34. The van der Waals surface area contributed by atoms with Gasteiger partial charge in [-0.15, -0.1) is 11.8 Å². The van der Waals surface area contributed by atoms with Crippen molar-refractivity contribution in [2.24, 2.45) is 11.8 Å². The Bertz CT molecular complexity index is 785. The predicted octanol–water partition coefficient (Wildman–Crippen LogP) is 2.11. The average Bonchev–Trinajstić information content (AvgIpc) is 3.20. The molecular weight excluding hydrogens is 334 g/mol. The minimum atomic E-state index is 0.108. The summed E-state index contributed by atoms with van der Waals surface area (Å²) in [6.45, 7) is 5.51. The lowest BCUT2D eigenvalue weighted by Crippen LogP contribution is -2.33. The lowest BCUT2D eigenvalue weighted by atomic mass is 10.0. The third-order valence-electron chi connectivity index (χ3n) is 5.08. The molecule has 7 heteroatoms. The van der Waals surface area contributed by atoms with Gasteiger partial charge in [-0.3, -0.25) is 4.79 Å². The summed E-state index contributed by atoms with van der Waals surface area (Å²) in [5.74, 6) is 2.12. The first-order valence-corrected chi connectivity index (χ1v) is 9.70. The van der Waals surface area contributed by atoms with Gasteiger partial charge in [-0.05, 0) is 25.3 Å². The van der Waals surface area contributed by atoms with E-state index in [1.54, 1.807) is 12.5 Å². The molecule has 4 heterocycles. The molecule has 0 spiro atoms. The van der Waals surface area contributed by atoms with E-state index in [1.807, 2.05) is 36.3 Å². The van der Waals surface area contributed by atoms with Crippen molar-refractivity contribution in [1.29, 1.82) is 0 Å². The van der Waals surface area contributed by atoms with Crippen molar-refractivity contribution < 1.29 is 4.79 Å². The molecule has 0 saturated carbocycles. The maximum atomic E-state index is 12.9. The first kappa shape index (κ1) is 16.3. The van der Waals surface area contributed by atoms with E-state index in [0.717, 1.165) is 48.3 Å². The molecular formula is C18H21N5OS. The Morgan fingerprint density at radius 1 is 1.16 bits per heavy atom. The summed E-state index contributed by atoms with van der Waals surface area (Å²) in [6.07, 6.45) is 5.32. The van der Waals surface area contributed by atoms with Crippen LogP contribution in [0.4, 0.5) is 5.82 Å². The summed E-state index contributed by atoms with van der Waals surface area (Å²) in [7, 11) is 0. The highest BCUT2D eigenvalue weighted by Gasteiger charge is 2.42. The highest BCUT2D eigenvalue weighted by molar-refractivity contribution is 7.98. The lowest BCUT2D eigenvalue weighted by molar-refractivity contribution is 0.0778. The van der Waals surface area contributed by atoms with Crippen molar-refractivity contribution in [1.82, 2.24) is 19.9 Å². The molecule has 6 nitrogen and oxygen atoms in total.